The molecule has 1 amide bonds. The lowest BCUT2D eigenvalue weighted by molar-refractivity contribution is -0.118. The van der Waals surface area contributed by atoms with Crippen LogP contribution in [-0.2, 0) is 4.79 Å². The molecule has 24 heavy (non-hydrogen) atoms. The maximum absolute atomic E-state index is 11.9. The van der Waals surface area contributed by atoms with Crippen molar-refractivity contribution in [2.75, 3.05) is 11.9 Å². The van der Waals surface area contributed by atoms with E-state index in [0.29, 0.717) is 11.6 Å². The molecule has 0 aliphatic rings. The molecular formula is C15H17N7O2. The normalized spacial score (nSPS) is 10.8. The highest BCUT2D eigenvalue weighted by Gasteiger charge is 2.10. The molecule has 2 N–H and O–H groups in total. The molecule has 0 unspecified atom stereocenters. The van der Waals surface area contributed by atoms with Crippen molar-refractivity contribution in [1.29, 1.82) is 0 Å². The average Bonchev–Trinajstić information content (AvgIpc) is 3.25. The first-order valence-corrected chi connectivity index (χ1v) is 7.42. The van der Waals surface area contributed by atoms with Crippen LogP contribution in [0, 0.1) is 0 Å². The van der Waals surface area contributed by atoms with Crippen molar-refractivity contribution in [2.24, 2.45) is 0 Å². The molecule has 124 valence electrons. The van der Waals surface area contributed by atoms with Gasteiger partial charge in [0.15, 0.2) is 6.61 Å². The van der Waals surface area contributed by atoms with Gasteiger partial charge in [0, 0.05) is 12.0 Å². The second-order valence-electron chi connectivity index (χ2n) is 5.40. The number of nitrogens with zero attached hydrogens (tertiary/aromatic N) is 5. The fourth-order valence-corrected chi connectivity index (χ4v) is 1.97. The lowest BCUT2D eigenvalue weighted by Crippen LogP contribution is -2.21. The summed E-state index contributed by atoms with van der Waals surface area (Å²) in [4.78, 5) is 16.1. The molecular weight excluding hydrogens is 310 g/mol. The molecule has 3 rings (SSSR count). The van der Waals surface area contributed by atoms with Gasteiger partial charge in [-0.3, -0.25) is 19.8 Å². The Bertz CT molecular complexity index is 811. The highest BCUT2D eigenvalue weighted by Crippen LogP contribution is 2.16. The Labute approximate surface area is 138 Å². The van der Waals surface area contributed by atoms with Gasteiger partial charge in [0.2, 0.25) is 5.95 Å². The van der Waals surface area contributed by atoms with Gasteiger partial charge < -0.3 is 4.74 Å². The molecule has 9 heteroatoms. The smallest absolute Gasteiger partial charge is 0.264 e. The highest BCUT2D eigenvalue weighted by atomic mass is 16.5. The SMILES string of the molecule is CC(C)c1nc(NC(=O)COc2cccc(-n3cnnc3)c2)n[nH]1. The van der Waals surface area contributed by atoms with E-state index < -0.39 is 0 Å². The molecule has 0 aliphatic carbocycles. The summed E-state index contributed by atoms with van der Waals surface area (Å²) >= 11 is 0. The minimum atomic E-state index is -0.334. The molecule has 0 saturated heterocycles. The van der Waals surface area contributed by atoms with Crippen molar-refractivity contribution in [1.82, 2.24) is 29.9 Å². The van der Waals surface area contributed by atoms with Crippen LogP contribution in [0.3, 0.4) is 0 Å². The van der Waals surface area contributed by atoms with Gasteiger partial charge in [-0.1, -0.05) is 19.9 Å². The van der Waals surface area contributed by atoms with Crippen molar-refractivity contribution >= 4 is 11.9 Å². The van der Waals surface area contributed by atoms with Crippen LogP contribution < -0.4 is 10.1 Å². The number of anilines is 1. The predicted octanol–water partition coefficient (Wildman–Crippen LogP) is 1.53. The molecule has 3 aromatic rings. The predicted molar refractivity (Wildman–Crippen MR) is 86.0 cm³/mol. The van der Waals surface area contributed by atoms with E-state index in [0.717, 1.165) is 5.69 Å². The van der Waals surface area contributed by atoms with Crippen LogP contribution in [0.15, 0.2) is 36.9 Å². The van der Waals surface area contributed by atoms with Crippen LogP contribution in [0.4, 0.5) is 5.95 Å². The zero-order chi connectivity index (χ0) is 16.9. The number of hydrogen-bond acceptors (Lipinski definition) is 6. The number of ether oxygens (including phenoxy) is 1. The van der Waals surface area contributed by atoms with Crippen molar-refractivity contribution in [3.63, 3.8) is 0 Å². The Balaban J connectivity index is 1.57. The Hall–Kier alpha value is -3.23. The summed E-state index contributed by atoms with van der Waals surface area (Å²) in [6, 6.07) is 7.27. The monoisotopic (exact) mass is 327 g/mol. The van der Waals surface area contributed by atoms with Gasteiger partial charge in [-0.25, -0.2) is 0 Å². The number of hydrogen-bond donors (Lipinski definition) is 2. The van der Waals surface area contributed by atoms with Gasteiger partial charge >= 0.3 is 0 Å². The fraction of sp³-hybridized carbons (Fsp3) is 0.267. The van der Waals surface area contributed by atoms with Gasteiger partial charge in [-0.05, 0) is 12.1 Å². The van der Waals surface area contributed by atoms with E-state index >= 15 is 0 Å². The first kappa shape index (κ1) is 15.7. The van der Waals surface area contributed by atoms with Gasteiger partial charge in [0.05, 0.1) is 5.69 Å². The van der Waals surface area contributed by atoms with E-state index in [1.807, 2.05) is 26.0 Å². The molecule has 0 aliphatic heterocycles. The van der Waals surface area contributed by atoms with Crippen LogP contribution in [0.25, 0.3) is 5.69 Å². The Morgan fingerprint density at radius 2 is 2.12 bits per heavy atom. The zero-order valence-electron chi connectivity index (χ0n) is 13.3. The van der Waals surface area contributed by atoms with E-state index in [4.69, 9.17) is 4.74 Å². The molecule has 2 heterocycles. The second kappa shape index (κ2) is 6.90. The Morgan fingerprint density at radius 3 is 2.83 bits per heavy atom. The van der Waals surface area contributed by atoms with Crippen LogP contribution in [0.2, 0.25) is 0 Å². The molecule has 2 aromatic heterocycles. The highest BCUT2D eigenvalue weighted by molar-refractivity contribution is 5.90. The summed E-state index contributed by atoms with van der Waals surface area (Å²) in [5.74, 6) is 1.39. The third-order valence-electron chi connectivity index (χ3n) is 3.21. The first-order valence-electron chi connectivity index (χ1n) is 7.42. The molecule has 9 nitrogen and oxygen atoms in total. The Kier molecular flexibility index (Phi) is 4.50. The quantitative estimate of drug-likeness (QED) is 0.710. The van der Waals surface area contributed by atoms with E-state index in [9.17, 15) is 4.79 Å². The zero-order valence-corrected chi connectivity index (χ0v) is 13.3. The lowest BCUT2D eigenvalue weighted by atomic mass is 10.2. The summed E-state index contributed by atoms with van der Waals surface area (Å²) in [6.45, 7) is 3.83. The summed E-state index contributed by atoms with van der Waals surface area (Å²) < 4.78 is 7.25. The lowest BCUT2D eigenvalue weighted by Gasteiger charge is -2.07. The van der Waals surface area contributed by atoms with Crippen LogP contribution >= 0.6 is 0 Å². The standard InChI is InChI=1S/C15H17N7O2/c1-10(2)14-19-15(21-20-14)18-13(23)7-24-12-5-3-4-11(6-12)22-8-16-17-9-22/h3-6,8-10H,7H2,1-2H3,(H2,18,19,20,21,23). The molecule has 1 aromatic carbocycles. The molecule has 0 atom stereocenters. The molecule has 0 spiro atoms. The summed E-state index contributed by atoms with van der Waals surface area (Å²) in [5, 5.41) is 16.8. The summed E-state index contributed by atoms with van der Waals surface area (Å²) in [6.07, 6.45) is 3.17. The number of carbonyl (C=O) groups is 1. The number of rotatable bonds is 6. The van der Waals surface area contributed by atoms with Crippen LogP contribution in [0.5, 0.6) is 5.75 Å². The van der Waals surface area contributed by atoms with E-state index in [2.05, 4.69) is 30.7 Å². The number of benzene rings is 1. The average molecular weight is 327 g/mol. The first-order chi connectivity index (χ1) is 11.6. The topological polar surface area (TPSA) is 111 Å². The number of nitrogens with one attached hydrogen (secondary N) is 2. The molecule has 0 fully saturated rings. The maximum Gasteiger partial charge on any atom is 0.264 e. The maximum atomic E-state index is 11.9. The largest absolute Gasteiger partial charge is 0.484 e. The van der Waals surface area contributed by atoms with Gasteiger partial charge in [-0.2, -0.15) is 4.98 Å². The number of amides is 1. The van der Waals surface area contributed by atoms with E-state index in [1.54, 1.807) is 29.4 Å². The van der Waals surface area contributed by atoms with E-state index in [-0.39, 0.29) is 24.4 Å². The van der Waals surface area contributed by atoms with Gasteiger partial charge in [0.1, 0.15) is 24.2 Å². The van der Waals surface area contributed by atoms with Crippen molar-refractivity contribution in [2.45, 2.75) is 19.8 Å². The minimum Gasteiger partial charge on any atom is -0.484 e. The third kappa shape index (κ3) is 3.75. The number of carbonyl (C=O) groups excluding carboxylic acids is 1. The molecule has 0 saturated carbocycles. The minimum absolute atomic E-state index is 0.142. The van der Waals surface area contributed by atoms with Crippen molar-refractivity contribution in [3.8, 4) is 11.4 Å². The summed E-state index contributed by atoms with van der Waals surface area (Å²) in [7, 11) is 0. The Morgan fingerprint density at radius 1 is 1.33 bits per heavy atom. The van der Waals surface area contributed by atoms with Crippen LogP contribution in [-0.4, -0.2) is 42.5 Å². The van der Waals surface area contributed by atoms with Crippen molar-refractivity contribution < 1.29 is 9.53 Å². The number of aromatic nitrogens is 6. The summed E-state index contributed by atoms with van der Waals surface area (Å²) in [5.41, 5.74) is 0.841. The van der Waals surface area contributed by atoms with Gasteiger partial charge in [-0.15, -0.1) is 15.3 Å². The number of aromatic amines is 1. The van der Waals surface area contributed by atoms with Gasteiger partial charge in [0.25, 0.3) is 5.91 Å². The molecule has 0 bridgehead atoms. The third-order valence-corrected chi connectivity index (χ3v) is 3.21. The molecule has 0 radical (unpaired) electrons. The van der Waals surface area contributed by atoms with Crippen molar-refractivity contribution in [3.05, 3.63) is 42.7 Å². The number of H-pyrrole nitrogens is 1. The fourth-order valence-electron chi connectivity index (χ4n) is 1.97. The second-order valence-corrected chi connectivity index (χ2v) is 5.40. The van der Waals surface area contributed by atoms with E-state index in [1.165, 1.54) is 0 Å². The van der Waals surface area contributed by atoms with Crippen LogP contribution in [0.1, 0.15) is 25.6 Å².